The standard InChI is InChI=1S/C30H33N3O3/c1-5-33-27-16-15-24(35-4)20-26(27)30(3,21-22-11-10-14-25(19-22)36-6-2)28(33)17-18-31-32-29(34)23-12-8-7-9-13-23/h7-20H,5-6,21H2,1-4H3,(H,32,34)/b28-17-,31-18+. The lowest BCUT2D eigenvalue weighted by Crippen LogP contribution is -2.31. The number of methoxy groups -OCH3 is 1. The van der Waals surface area contributed by atoms with Crippen LogP contribution in [0.1, 0.15) is 42.3 Å². The fourth-order valence-electron chi connectivity index (χ4n) is 4.86. The SMILES string of the molecule is CCOc1cccc(CC2(C)/C(=C/C=N/NC(=O)c3ccccc3)N(CC)c3ccc(OC)cc32)c1. The lowest BCUT2D eigenvalue weighted by atomic mass is 9.76. The first kappa shape index (κ1) is 25.0. The summed E-state index contributed by atoms with van der Waals surface area (Å²) in [4.78, 5) is 14.7. The Hall–Kier alpha value is -4.06. The highest BCUT2D eigenvalue weighted by Gasteiger charge is 2.43. The smallest absolute Gasteiger partial charge is 0.271 e. The molecule has 0 radical (unpaired) electrons. The number of likely N-dealkylation sites (N-methyl/N-ethyl adjacent to an activating group) is 1. The summed E-state index contributed by atoms with van der Waals surface area (Å²) >= 11 is 0. The molecule has 1 heterocycles. The van der Waals surface area contributed by atoms with Crippen LogP contribution in [0, 0.1) is 0 Å². The Balaban J connectivity index is 1.69. The largest absolute Gasteiger partial charge is 0.497 e. The van der Waals surface area contributed by atoms with Crippen LogP contribution >= 0.6 is 0 Å². The van der Waals surface area contributed by atoms with Crippen LogP contribution in [0.15, 0.2) is 89.7 Å². The van der Waals surface area contributed by atoms with Gasteiger partial charge in [0, 0.05) is 35.1 Å². The molecular weight excluding hydrogens is 450 g/mol. The van der Waals surface area contributed by atoms with Crippen molar-refractivity contribution in [2.75, 3.05) is 25.2 Å². The maximum absolute atomic E-state index is 12.4. The molecule has 4 rings (SSSR count). The first-order chi connectivity index (χ1) is 17.5. The number of ether oxygens (including phenoxy) is 2. The van der Waals surface area contributed by atoms with Crippen LogP contribution in [0.3, 0.4) is 0 Å². The van der Waals surface area contributed by atoms with E-state index in [0.29, 0.717) is 12.2 Å². The van der Waals surface area contributed by atoms with Crippen LogP contribution in [-0.2, 0) is 11.8 Å². The molecule has 1 aliphatic heterocycles. The Morgan fingerprint density at radius 2 is 1.83 bits per heavy atom. The second-order valence-corrected chi connectivity index (χ2v) is 8.85. The molecular formula is C30H33N3O3. The number of allylic oxidation sites excluding steroid dienone is 2. The highest BCUT2D eigenvalue weighted by atomic mass is 16.5. The van der Waals surface area contributed by atoms with Crippen LogP contribution in [0.25, 0.3) is 0 Å². The molecule has 186 valence electrons. The number of hydrogen-bond acceptors (Lipinski definition) is 5. The predicted molar refractivity (Wildman–Crippen MR) is 145 cm³/mol. The fraction of sp³-hybridized carbons (Fsp3) is 0.267. The Bertz CT molecular complexity index is 1270. The van der Waals surface area contributed by atoms with Gasteiger partial charge in [-0.3, -0.25) is 4.79 Å². The number of fused-ring (bicyclic) bond motifs is 1. The molecule has 36 heavy (non-hydrogen) atoms. The van der Waals surface area contributed by atoms with Crippen LogP contribution in [-0.4, -0.2) is 32.4 Å². The Labute approximate surface area is 213 Å². The minimum atomic E-state index is -0.347. The second-order valence-electron chi connectivity index (χ2n) is 8.85. The zero-order valence-corrected chi connectivity index (χ0v) is 21.3. The topological polar surface area (TPSA) is 63.2 Å². The van der Waals surface area contributed by atoms with Gasteiger partial charge in [0.25, 0.3) is 5.91 Å². The Morgan fingerprint density at radius 1 is 1.03 bits per heavy atom. The summed E-state index contributed by atoms with van der Waals surface area (Å²) in [5.74, 6) is 1.45. The zero-order chi connectivity index (χ0) is 25.5. The van der Waals surface area contributed by atoms with E-state index in [2.05, 4.69) is 53.5 Å². The lowest BCUT2D eigenvalue weighted by molar-refractivity contribution is 0.0955. The van der Waals surface area contributed by atoms with Crippen molar-refractivity contribution in [2.24, 2.45) is 5.10 Å². The van der Waals surface area contributed by atoms with Gasteiger partial charge in [-0.1, -0.05) is 30.3 Å². The molecule has 6 nitrogen and oxygen atoms in total. The Morgan fingerprint density at radius 3 is 2.56 bits per heavy atom. The number of carbonyl (C=O) groups excluding carboxylic acids is 1. The molecule has 0 aliphatic carbocycles. The lowest BCUT2D eigenvalue weighted by Gasteiger charge is -2.30. The average Bonchev–Trinajstić information content (AvgIpc) is 3.13. The van der Waals surface area contributed by atoms with Crippen molar-refractivity contribution >= 4 is 17.8 Å². The highest BCUT2D eigenvalue weighted by Crippen LogP contribution is 2.50. The van der Waals surface area contributed by atoms with E-state index in [1.807, 2.05) is 49.4 Å². The highest BCUT2D eigenvalue weighted by molar-refractivity contribution is 5.94. The van der Waals surface area contributed by atoms with Gasteiger partial charge >= 0.3 is 0 Å². The number of rotatable bonds is 9. The van der Waals surface area contributed by atoms with Gasteiger partial charge in [0.15, 0.2) is 0 Å². The molecule has 0 fully saturated rings. The van der Waals surface area contributed by atoms with Crippen molar-refractivity contribution in [3.63, 3.8) is 0 Å². The van der Waals surface area contributed by atoms with E-state index in [1.54, 1.807) is 25.5 Å². The normalized spacial score (nSPS) is 17.9. The van der Waals surface area contributed by atoms with Crippen molar-refractivity contribution in [1.82, 2.24) is 5.43 Å². The van der Waals surface area contributed by atoms with Crippen LogP contribution in [0.2, 0.25) is 0 Å². The predicted octanol–water partition coefficient (Wildman–Crippen LogP) is 5.73. The van der Waals surface area contributed by atoms with E-state index in [-0.39, 0.29) is 11.3 Å². The number of carbonyl (C=O) groups is 1. The van der Waals surface area contributed by atoms with Gasteiger partial charge < -0.3 is 14.4 Å². The number of nitrogens with one attached hydrogen (secondary N) is 1. The van der Waals surface area contributed by atoms with E-state index in [4.69, 9.17) is 9.47 Å². The first-order valence-corrected chi connectivity index (χ1v) is 12.3. The fourth-order valence-corrected chi connectivity index (χ4v) is 4.86. The third-order valence-corrected chi connectivity index (χ3v) is 6.54. The minimum absolute atomic E-state index is 0.243. The van der Waals surface area contributed by atoms with Crippen molar-refractivity contribution in [2.45, 2.75) is 32.6 Å². The van der Waals surface area contributed by atoms with Crippen molar-refractivity contribution in [3.05, 3.63) is 101 Å². The van der Waals surface area contributed by atoms with E-state index in [0.717, 1.165) is 35.8 Å². The summed E-state index contributed by atoms with van der Waals surface area (Å²) in [7, 11) is 1.69. The summed E-state index contributed by atoms with van der Waals surface area (Å²) < 4.78 is 11.3. The summed E-state index contributed by atoms with van der Waals surface area (Å²) in [6.07, 6.45) is 4.42. The van der Waals surface area contributed by atoms with Gasteiger partial charge in [-0.2, -0.15) is 5.10 Å². The minimum Gasteiger partial charge on any atom is -0.497 e. The maximum atomic E-state index is 12.4. The molecule has 0 saturated heterocycles. The van der Waals surface area contributed by atoms with Crippen LogP contribution < -0.4 is 19.8 Å². The average molecular weight is 484 g/mol. The number of hydrazone groups is 1. The molecule has 0 spiro atoms. The number of benzene rings is 3. The van der Waals surface area contributed by atoms with Gasteiger partial charge in [-0.05, 0) is 86.9 Å². The molecule has 1 unspecified atom stereocenters. The molecule has 6 heteroatoms. The third-order valence-electron chi connectivity index (χ3n) is 6.54. The summed E-state index contributed by atoms with van der Waals surface area (Å²) in [5.41, 5.74) is 7.47. The number of hydrogen-bond donors (Lipinski definition) is 1. The van der Waals surface area contributed by atoms with Gasteiger partial charge in [0.05, 0.1) is 13.7 Å². The van der Waals surface area contributed by atoms with Crippen LogP contribution in [0.4, 0.5) is 5.69 Å². The molecule has 0 bridgehead atoms. The monoisotopic (exact) mass is 483 g/mol. The summed E-state index contributed by atoms with van der Waals surface area (Å²) in [5, 5.41) is 4.22. The molecule has 3 aromatic rings. The van der Waals surface area contributed by atoms with E-state index in [1.165, 1.54) is 11.1 Å². The van der Waals surface area contributed by atoms with Crippen molar-refractivity contribution in [3.8, 4) is 11.5 Å². The van der Waals surface area contributed by atoms with E-state index < -0.39 is 0 Å². The maximum Gasteiger partial charge on any atom is 0.271 e. The summed E-state index contributed by atoms with van der Waals surface area (Å²) in [6.45, 7) is 7.79. The molecule has 1 N–H and O–H groups in total. The molecule has 1 atom stereocenters. The molecule has 3 aromatic carbocycles. The quantitative estimate of drug-likeness (QED) is 0.312. The van der Waals surface area contributed by atoms with Gasteiger partial charge in [0.1, 0.15) is 11.5 Å². The van der Waals surface area contributed by atoms with E-state index in [9.17, 15) is 4.79 Å². The van der Waals surface area contributed by atoms with Gasteiger partial charge in [-0.25, -0.2) is 5.43 Å². The van der Waals surface area contributed by atoms with Crippen LogP contribution in [0.5, 0.6) is 11.5 Å². The third kappa shape index (κ3) is 5.13. The molecule has 1 aliphatic rings. The Kier molecular flexibility index (Phi) is 7.74. The molecule has 0 aromatic heterocycles. The van der Waals surface area contributed by atoms with Crippen molar-refractivity contribution < 1.29 is 14.3 Å². The van der Waals surface area contributed by atoms with E-state index >= 15 is 0 Å². The summed E-state index contributed by atoms with van der Waals surface area (Å²) in [6, 6.07) is 23.5. The zero-order valence-electron chi connectivity index (χ0n) is 21.3. The second kappa shape index (κ2) is 11.1. The number of anilines is 1. The molecule has 1 amide bonds. The van der Waals surface area contributed by atoms with Gasteiger partial charge in [0.2, 0.25) is 0 Å². The molecule has 0 saturated carbocycles. The number of amides is 1. The number of nitrogens with zero attached hydrogens (tertiary/aromatic N) is 2. The van der Waals surface area contributed by atoms with Crippen molar-refractivity contribution in [1.29, 1.82) is 0 Å². The first-order valence-electron chi connectivity index (χ1n) is 12.3. The van der Waals surface area contributed by atoms with Gasteiger partial charge in [-0.15, -0.1) is 0 Å².